The average Bonchev–Trinajstić information content (AvgIpc) is 1.87. The van der Waals surface area contributed by atoms with Crippen molar-refractivity contribution in [3.8, 4) is 0 Å². The Balaban J connectivity index is 3.83. The molecule has 3 atom stereocenters. The van der Waals surface area contributed by atoms with Gasteiger partial charge in [-0.25, -0.2) is 4.39 Å². The van der Waals surface area contributed by atoms with Crippen molar-refractivity contribution in [2.75, 3.05) is 0 Å². The number of hydrogen-bond acceptors (Lipinski definition) is 2. The van der Waals surface area contributed by atoms with E-state index in [0.29, 0.717) is 6.42 Å². The first-order valence-electron chi connectivity index (χ1n) is 4.05. The summed E-state index contributed by atoms with van der Waals surface area (Å²) in [4.78, 5) is 0. The largest absolute Gasteiger partial charge is 0.393 e. The number of halogens is 1. The van der Waals surface area contributed by atoms with Gasteiger partial charge in [0.25, 0.3) is 0 Å². The highest BCUT2D eigenvalue weighted by Gasteiger charge is 2.25. The third-order valence-corrected chi connectivity index (χ3v) is 2.07. The van der Waals surface area contributed by atoms with Gasteiger partial charge in [-0.05, 0) is 25.7 Å². The molecule has 0 aromatic heterocycles. The second-order valence-electron chi connectivity index (χ2n) is 3.31. The maximum Gasteiger partial charge on any atom is 0.159 e. The highest BCUT2D eigenvalue weighted by atomic mass is 19.1. The summed E-state index contributed by atoms with van der Waals surface area (Å²) >= 11 is 0. The van der Waals surface area contributed by atoms with E-state index in [-0.39, 0.29) is 12.3 Å². The summed E-state index contributed by atoms with van der Waals surface area (Å²) < 4.78 is 13.1. The van der Waals surface area contributed by atoms with Gasteiger partial charge in [0.05, 0.1) is 6.10 Å². The van der Waals surface area contributed by atoms with Gasteiger partial charge in [0.2, 0.25) is 0 Å². The van der Waals surface area contributed by atoms with Crippen LogP contribution in [0.2, 0.25) is 0 Å². The minimum Gasteiger partial charge on any atom is -0.393 e. The van der Waals surface area contributed by atoms with Crippen LogP contribution < -0.4 is 5.73 Å². The van der Waals surface area contributed by atoms with Gasteiger partial charge in [0.1, 0.15) is 0 Å². The molecule has 0 aromatic carbocycles. The average molecular weight is 163 g/mol. The normalized spacial score (nSPS) is 22.4. The molecule has 0 saturated heterocycles. The molecule has 0 aromatic rings. The van der Waals surface area contributed by atoms with Crippen molar-refractivity contribution in [2.45, 2.75) is 45.5 Å². The molecule has 0 radical (unpaired) electrons. The Kier molecular flexibility index (Phi) is 3.97. The van der Waals surface area contributed by atoms with Gasteiger partial charge in [-0.3, -0.25) is 5.73 Å². The van der Waals surface area contributed by atoms with E-state index in [1.807, 2.05) is 0 Å². The molecule has 0 aliphatic rings. The number of rotatable bonds is 4. The van der Waals surface area contributed by atoms with Gasteiger partial charge in [-0.1, -0.05) is 13.8 Å². The van der Waals surface area contributed by atoms with Crippen molar-refractivity contribution in [1.82, 2.24) is 0 Å². The van der Waals surface area contributed by atoms with E-state index < -0.39 is 11.9 Å². The van der Waals surface area contributed by atoms with Gasteiger partial charge >= 0.3 is 0 Å². The van der Waals surface area contributed by atoms with Crippen molar-refractivity contribution >= 4 is 0 Å². The van der Waals surface area contributed by atoms with Crippen molar-refractivity contribution < 1.29 is 9.50 Å². The predicted octanol–water partition coefficient (Wildman–Crippen LogP) is 1.43. The summed E-state index contributed by atoms with van der Waals surface area (Å²) in [5, 5.41) is 9.06. The fraction of sp³-hybridized carbons (Fsp3) is 1.00. The van der Waals surface area contributed by atoms with Crippen LogP contribution in [0.1, 0.15) is 33.6 Å². The van der Waals surface area contributed by atoms with E-state index in [1.165, 1.54) is 0 Å². The Morgan fingerprint density at radius 1 is 1.55 bits per heavy atom. The van der Waals surface area contributed by atoms with Gasteiger partial charge in [-0.2, -0.15) is 0 Å². The number of hydrogen-bond donors (Lipinski definition) is 2. The first-order chi connectivity index (χ1) is 4.89. The van der Waals surface area contributed by atoms with E-state index in [9.17, 15) is 4.39 Å². The fourth-order valence-electron chi connectivity index (χ4n) is 0.850. The molecule has 0 bridgehead atoms. The third kappa shape index (κ3) is 4.32. The van der Waals surface area contributed by atoms with E-state index >= 15 is 0 Å². The molecule has 0 spiro atoms. The molecule has 68 valence electrons. The van der Waals surface area contributed by atoms with E-state index in [2.05, 4.69) is 0 Å². The van der Waals surface area contributed by atoms with Gasteiger partial charge in [0.15, 0.2) is 5.79 Å². The molecule has 2 nitrogen and oxygen atoms in total. The van der Waals surface area contributed by atoms with Crippen LogP contribution in [0.3, 0.4) is 0 Å². The Hall–Kier alpha value is -0.150. The number of aliphatic hydroxyl groups is 1. The van der Waals surface area contributed by atoms with E-state index in [1.54, 1.807) is 20.8 Å². The lowest BCUT2D eigenvalue weighted by atomic mass is 9.95. The molecule has 0 saturated carbocycles. The Morgan fingerprint density at radius 3 is 2.27 bits per heavy atom. The van der Waals surface area contributed by atoms with E-state index in [0.717, 1.165) is 0 Å². The molecule has 0 amide bonds. The van der Waals surface area contributed by atoms with Crippen LogP contribution in [-0.4, -0.2) is 17.0 Å². The molecule has 0 aliphatic carbocycles. The lowest BCUT2D eigenvalue weighted by Gasteiger charge is -2.24. The third-order valence-electron chi connectivity index (χ3n) is 2.07. The first kappa shape index (κ1) is 10.8. The molecular weight excluding hydrogens is 145 g/mol. The van der Waals surface area contributed by atoms with Crippen LogP contribution in [0.4, 0.5) is 4.39 Å². The topological polar surface area (TPSA) is 46.2 Å². The number of alkyl halides is 1. The Bertz CT molecular complexity index is 115. The smallest absolute Gasteiger partial charge is 0.159 e. The van der Waals surface area contributed by atoms with Crippen molar-refractivity contribution in [3.05, 3.63) is 0 Å². The zero-order valence-corrected chi connectivity index (χ0v) is 7.47. The summed E-state index contributed by atoms with van der Waals surface area (Å²) in [6.45, 7) is 5.15. The molecule has 3 N–H and O–H groups in total. The zero-order chi connectivity index (χ0) is 9.07. The van der Waals surface area contributed by atoms with Crippen LogP contribution in [-0.2, 0) is 0 Å². The van der Waals surface area contributed by atoms with Gasteiger partial charge < -0.3 is 5.11 Å². The van der Waals surface area contributed by atoms with Crippen LogP contribution >= 0.6 is 0 Å². The molecule has 3 heteroatoms. The molecule has 11 heavy (non-hydrogen) atoms. The first-order valence-corrected chi connectivity index (χ1v) is 4.05. The summed E-state index contributed by atoms with van der Waals surface area (Å²) in [6.07, 6.45) is 0.0332. The highest BCUT2D eigenvalue weighted by molar-refractivity contribution is 4.74. The summed E-state index contributed by atoms with van der Waals surface area (Å²) in [7, 11) is 0. The predicted molar refractivity (Wildman–Crippen MR) is 43.8 cm³/mol. The summed E-state index contributed by atoms with van der Waals surface area (Å²) in [5.41, 5.74) is 5.28. The number of nitrogens with two attached hydrogens (primary N) is 1. The van der Waals surface area contributed by atoms with Crippen molar-refractivity contribution in [2.24, 2.45) is 11.7 Å². The Labute approximate surface area is 67.6 Å². The van der Waals surface area contributed by atoms with Crippen LogP contribution in [0, 0.1) is 5.92 Å². The van der Waals surface area contributed by atoms with Crippen LogP contribution in [0.25, 0.3) is 0 Å². The maximum absolute atomic E-state index is 13.1. The molecule has 0 aliphatic heterocycles. The molecule has 0 heterocycles. The SMILES string of the molecule is CCC(N)(F)C[C@H](C)[C@H](C)O. The van der Waals surface area contributed by atoms with Crippen molar-refractivity contribution in [1.29, 1.82) is 0 Å². The minimum absolute atomic E-state index is 0.0788. The summed E-state index contributed by atoms with van der Waals surface area (Å²) in [5.74, 6) is -1.69. The molecule has 0 fully saturated rings. The quantitative estimate of drug-likeness (QED) is 0.616. The lowest BCUT2D eigenvalue weighted by Crippen LogP contribution is -2.37. The van der Waals surface area contributed by atoms with Crippen LogP contribution in [0.5, 0.6) is 0 Å². The second kappa shape index (κ2) is 4.02. The summed E-state index contributed by atoms with van der Waals surface area (Å²) in [6, 6.07) is 0. The fourth-order valence-corrected chi connectivity index (χ4v) is 0.850. The number of aliphatic hydroxyl groups excluding tert-OH is 1. The molecule has 0 rings (SSSR count). The van der Waals surface area contributed by atoms with Crippen LogP contribution in [0.15, 0.2) is 0 Å². The monoisotopic (exact) mass is 163 g/mol. The molecular formula is C8H18FNO. The van der Waals surface area contributed by atoms with Crippen molar-refractivity contribution in [3.63, 3.8) is 0 Å². The minimum atomic E-state index is -1.61. The zero-order valence-electron chi connectivity index (χ0n) is 7.47. The standard InChI is InChI=1S/C8H18FNO/c1-4-8(9,10)5-6(2)7(3)11/h6-7,11H,4-5,10H2,1-3H3/t6-,7-,8?/m0/s1. The second-order valence-corrected chi connectivity index (χ2v) is 3.31. The molecule has 1 unspecified atom stereocenters. The lowest BCUT2D eigenvalue weighted by molar-refractivity contribution is 0.0658. The van der Waals surface area contributed by atoms with E-state index in [4.69, 9.17) is 10.8 Å². The highest BCUT2D eigenvalue weighted by Crippen LogP contribution is 2.21. The van der Waals surface area contributed by atoms with Gasteiger partial charge in [-0.15, -0.1) is 0 Å². The Morgan fingerprint density at radius 2 is 2.00 bits per heavy atom. The maximum atomic E-state index is 13.1. The van der Waals surface area contributed by atoms with Gasteiger partial charge in [0, 0.05) is 0 Å².